The van der Waals surface area contributed by atoms with E-state index in [2.05, 4.69) is 0 Å². The Labute approximate surface area is 75.0 Å². The van der Waals surface area contributed by atoms with Crippen molar-refractivity contribution in [1.82, 2.24) is 0 Å². The minimum atomic E-state index is -0.286. The van der Waals surface area contributed by atoms with E-state index in [0.717, 1.165) is 12.8 Å². The summed E-state index contributed by atoms with van der Waals surface area (Å²) in [4.78, 5) is 11.1. The van der Waals surface area contributed by atoms with E-state index in [9.17, 15) is 4.79 Å². The molecular weight excluding hydrogens is 152 g/mol. The van der Waals surface area contributed by atoms with Crippen LogP contribution in [-0.2, 0) is 4.79 Å². The van der Waals surface area contributed by atoms with Gasteiger partial charge in [-0.1, -0.05) is 13.8 Å². The molecule has 0 spiro atoms. The highest BCUT2D eigenvalue weighted by Crippen LogP contribution is 2.18. The number of carbonyl (C=O) groups is 1. The van der Waals surface area contributed by atoms with Crippen molar-refractivity contribution < 1.29 is 9.90 Å². The SMILES string of the molecule is CC(=O)C(CCC(C)O)C(C)C. The van der Waals surface area contributed by atoms with Gasteiger partial charge in [-0.15, -0.1) is 0 Å². The van der Waals surface area contributed by atoms with Gasteiger partial charge in [0.2, 0.25) is 0 Å². The van der Waals surface area contributed by atoms with Crippen LogP contribution in [0.2, 0.25) is 0 Å². The number of hydrogen-bond donors (Lipinski definition) is 1. The van der Waals surface area contributed by atoms with Gasteiger partial charge in [0, 0.05) is 5.92 Å². The van der Waals surface area contributed by atoms with Gasteiger partial charge in [-0.2, -0.15) is 0 Å². The fraction of sp³-hybridized carbons (Fsp3) is 0.900. The number of aliphatic hydroxyl groups is 1. The quantitative estimate of drug-likeness (QED) is 0.688. The van der Waals surface area contributed by atoms with Crippen LogP contribution in [0.5, 0.6) is 0 Å². The Morgan fingerprint density at radius 3 is 2.00 bits per heavy atom. The molecule has 0 heterocycles. The molecule has 0 fully saturated rings. The highest BCUT2D eigenvalue weighted by molar-refractivity contribution is 5.78. The fourth-order valence-electron chi connectivity index (χ4n) is 1.43. The molecule has 0 aliphatic heterocycles. The molecule has 0 aromatic heterocycles. The predicted molar refractivity (Wildman–Crippen MR) is 49.9 cm³/mol. The molecule has 2 heteroatoms. The molecule has 0 aliphatic carbocycles. The number of ketones is 1. The van der Waals surface area contributed by atoms with Crippen molar-refractivity contribution in [3.63, 3.8) is 0 Å². The van der Waals surface area contributed by atoms with Crippen LogP contribution >= 0.6 is 0 Å². The van der Waals surface area contributed by atoms with Crippen LogP contribution in [0.4, 0.5) is 0 Å². The van der Waals surface area contributed by atoms with Crippen molar-refractivity contribution in [2.24, 2.45) is 11.8 Å². The first kappa shape index (κ1) is 11.6. The predicted octanol–water partition coefficient (Wildman–Crippen LogP) is 2.01. The van der Waals surface area contributed by atoms with E-state index >= 15 is 0 Å². The molecule has 1 N–H and O–H groups in total. The molecule has 0 bridgehead atoms. The van der Waals surface area contributed by atoms with Crippen molar-refractivity contribution in [2.75, 3.05) is 0 Å². The monoisotopic (exact) mass is 172 g/mol. The van der Waals surface area contributed by atoms with Crippen molar-refractivity contribution in [3.05, 3.63) is 0 Å². The molecule has 2 atom stereocenters. The summed E-state index contributed by atoms with van der Waals surface area (Å²) >= 11 is 0. The average molecular weight is 172 g/mol. The standard InChI is InChI=1S/C10H20O2/c1-7(2)10(9(4)12)6-5-8(3)11/h7-8,10-11H,5-6H2,1-4H3. The van der Waals surface area contributed by atoms with E-state index in [-0.39, 0.29) is 17.8 Å². The zero-order valence-corrected chi connectivity index (χ0v) is 8.50. The lowest BCUT2D eigenvalue weighted by Crippen LogP contribution is -2.19. The summed E-state index contributed by atoms with van der Waals surface area (Å²) in [6.45, 7) is 7.49. The van der Waals surface area contributed by atoms with E-state index in [1.54, 1.807) is 13.8 Å². The Morgan fingerprint density at radius 2 is 1.75 bits per heavy atom. The second-order valence-electron chi connectivity index (χ2n) is 3.89. The van der Waals surface area contributed by atoms with Crippen LogP contribution < -0.4 is 0 Å². The second-order valence-corrected chi connectivity index (χ2v) is 3.89. The van der Waals surface area contributed by atoms with Gasteiger partial charge in [0.25, 0.3) is 0 Å². The largest absolute Gasteiger partial charge is 0.393 e. The normalized spacial score (nSPS) is 16.2. The average Bonchev–Trinajstić information content (AvgIpc) is 1.84. The summed E-state index contributed by atoms with van der Waals surface area (Å²) in [6, 6.07) is 0. The first-order valence-corrected chi connectivity index (χ1v) is 4.63. The highest BCUT2D eigenvalue weighted by Gasteiger charge is 2.18. The van der Waals surface area contributed by atoms with E-state index in [1.165, 1.54) is 0 Å². The Bertz CT molecular complexity index is 139. The minimum absolute atomic E-state index is 0.125. The molecule has 2 nitrogen and oxygen atoms in total. The van der Waals surface area contributed by atoms with Crippen LogP contribution in [0.25, 0.3) is 0 Å². The maximum absolute atomic E-state index is 11.1. The first-order chi connectivity index (χ1) is 5.45. The number of aliphatic hydroxyl groups excluding tert-OH is 1. The van der Waals surface area contributed by atoms with Gasteiger partial charge in [-0.3, -0.25) is 4.79 Å². The third kappa shape index (κ3) is 4.50. The molecule has 0 radical (unpaired) electrons. The van der Waals surface area contributed by atoms with Gasteiger partial charge in [0.15, 0.2) is 0 Å². The van der Waals surface area contributed by atoms with E-state index in [0.29, 0.717) is 5.92 Å². The van der Waals surface area contributed by atoms with Crippen LogP contribution in [0.3, 0.4) is 0 Å². The Morgan fingerprint density at radius 1 is 1.25 bits per heavy atom. The maximum Gasteiger partial charge on any atom is 0.133 e. The van der Waals surface area contributed by atoms with Crippen molar-refractivity contribution in [2.45, 2.75) is 46.6 Å². The van der Waals surface area contributed by atoms with Gasteiger partial charge in [-0.25, -0.2) is 0 Å². The first-order valence-electron chi connectivity index (χ1n) is 4.63. The van der Waals surface area contributed by atoms with Crippen LogP contribution in [0.1, 0.15) is 40.5 Å². The van der Waals surface area contributed by atoms with Gasteiger partial charge < -0.3 is 5.11 Å². The second kappa shape index (κ2) is 5.31. The highest BCUT2D eigenvalue weighted by atomic mass is 16.3. The topological polar surface area (TPSA) is 37.3 Å². The van der Waals surface area contributed by atoms with E-state index < -0.39 is 0 Å². The van der Waals surface area contributed by atoms with Gasteiger partial charge >= 0.3 is 0 Å². The molecule has 0 saturated heterocycles. The number of Topliss-reactive ketones (excluding diaryl/α,β-unsaturated/α-hetero) is 1. The summed E-state index contributed by atoms with van der Waals surface area (Å²) in [7, 11) is 0. The molecule has 0 amide bonds. The third-order valence-electron chi connectivity index (χ3n) is 2.22. The molecule has 12 heavy (non-hydrogen) atoms. The number of carbonyl (C=O) groups excluding carboxylic acids is 1. The number of hydrogen-bond acceptors (Lipinski definition) is 2. The zero-order valence-electron chi connectivity index (χ0n) is 8.50. The van der Waals surface area contributed by atoms with Crippen LogP contribution in [-0.4, -0.2) is 17.0 Å². The molecular formula is C10H20O2. The third-order valence-corrected chi connectivity index (χ3v) is 2.22. The minimum Gasteiger partial charge on any atom is -0.393 e. The molecule has 0 aromatic rings. The Hall–Kier alpha value is -0.370. The zero-order chi connectivity index (χ0) is 9.72. The van der Waals surface area contributed by atoms with Crippen molar-refractivity contribution >= 4 is 5.78 Å². The summed E-state index contributed by atoms with van der Waals surface area (Å²) in [6.07, 6.45) is 1.25. The summed E-state index contributed by atoms with van der Waals surface area (Å²) < 4.78 is 0. The van der Waals surface area contributed by atoms with Crippen LogP contribution in [0, 0.1) is 11.8 Å². The molecule has 0 aromatic carbocycles. The fourth-order valence-corrected chi connectivity index (χ4v) is 1.43. The Kier molecular flexibility index (Phi) is 5.14. The van der Waals surface area contributed by atoms with Crippen molar-refractivity contribution in [3.8, 4) is 0 Å². The van der Waals surface area contributed by atoms with Gasteiger partial charge in [0.05, 0.1) is 6.10 Å². The van der Waals surface area contributed by atoms with Gasteiger partial charge in [0.1, 0.15) is 5.78 Å². The van der Waals surface area contributed by atoms with Crippen molar-refractivity contribution in [1.29, 1.82) is 0 Å². The smallest absolute Gasteiger partial charge is 0.133 e. The van der Waals surface area contributed by atoms with Crippen LogP contribution in [0.15, 0.2) is 0 Å². The lowest BCUT2D eigenvalue weighted by atomic mass is 9.87. The Balaban J connectivity index is 3.88. The summed E-state index contributed by atoms with van der Waals surface area (Å²) in [5.74, 6) is 0.756. The van der Waals surface area contributed by atoms with E-state index in [1.807, 2.05) is 13.8 Å². The van der Waals surface area contributed by atoms with Gasteiger partial charge in [-0.05, 0) is 32.6 Å². The lowest BCUT2D eigenvalue weighted by Gasteiger charge is -2.18. The maximum atomic E-state index is 11.1. The molecule has 2 unspecified atom stereocenters. The molecule has 0 saturated carbocycles. The molecule has 72 valence electrons. The number of rotatable bonds is 5. The molecule has 0 aliphatic rings. The van der Waals surface area contributed by atoms with E-state index in [4.69, 9.17) is 5.11 Å². The molecule has 0 rings (SSSR count). The summed E-state index contributed by atoms with van der Waals surface area (Å²) in [5, 5.41) is 9.05. The summed E-state index contributed by atoms with van der Waals surface area (Å²) in [5.41, 5.74) is 0. The lowest BCUT2D eigenvalue weighted by molar-refractivity contribution is -0.122.